The highest BCUT2D eigenvalue weighted by Crippen LogP contribution is 2.32. The van der Waals surface area contributed by atoms with Gasteiger partial charge in [0.1, 0.15) is 0 Å². The summed E-state index contributed by atoms with van der Waals surface area (Å²) in [6.07, 6.45) is 0.233. The number of rotatable bonds is 5. The molecule has 0 heterocycles. The molecule has 2 aromatic carbocycles. The summed E-state index contributed by atoms with van der Waals surface area (Å²) in [5.74, 6) is -0.594. The average molecular weight is 292 g/mol. The first-order valence-corrected chi connectivity index (χ1v) is 7.12. The molecular formula is C18H16N2O2. The van der Waals surface area contributed by atoms with Gasteiger partial charge in [0.05, 0.1) is 18.7 Å². The molecule has 0 aromatic heterocycles. The second-order valence-electron chi connectivity index (χ2n) is 4.96. The summed E-state index contributed by atoms with van der Waals surface area (Å²) in [4.78, 5) is 12.4. The van der Waals surface area contributed by atoms with Gasteiger partial charge in [-0.05, 0) is 35.7 Å². The summed E-state index contributed by atoms with van der Waals surface area (Å²) >= 11 is 0. The zero-order valence-electron chi connectivity index (χ0n) is 12.4. The van der Waals surface area contributed by atoms with E-state index in [1.165, 1.54) is 0 Å². The van der Waals surface area contributed by atoms with Crippen molar-refractivity contribution in [2.75, 3.05) is 6.61 Å². The lowest BCUT2D eigenvalue weighted by Crippen LogP contribution is -2.36. The third-order valence-electron chi connectivity index (χ3n) is 3.67. The lowest BCUT2D eigenvalue weighted by Gasteiger charge is -2.24. The molecule has 22 heavy (non-hydrogen) atoms. The maximum absolute atomic E-state index is 12.4. The minimum atomic E-state index is -1.43. The number of carbonyl (C=O) groups excluding carboxylic acids is 1. The van der Waals surface area contributed by atoms with Gasteiger partial charge in [0.15, 0.2) is 5.41 Å². The summed E-state index contributed by atoms with van der Waals surface area (Å²) in [5, 5.41) is 20.5. The summed E-state index contributed by atoms with van der Waals surface area (Å²) in [7, 11) is 0. The van der Waals surface area contributed by atoms with Crippen molar-refractivity contribution in [3.63, 3.8) is 0 Å². The smallest absolute Gasteiger partial charge is 0.331 e. The third-order valence-corrected chi connectivity index (χ3v) is 3.67. The van der Waals surface area contributed by atoms with Crippen LogP contribution in [0.5, 0.6) is 0 Å². The van der Waals surface area contributed by atoms with Gasteiger partial charge in [-0.2, -0.15) is 10.5 Å². The SMILES string of the molecule is CCOC(=O)[C@](C#N)(CCC#N)c1ccc2ccccc2c1. The molecule has 0 unspecified atom stereocenters. The highest BCUT2D eigenvalue weighted by molar-refractivity contribution is 5.90. The van der Waals surface area contributed by atoms with Crippen molar-refractivity contribution in [3.05, 3.63) is 48.0 Å². The predicted molar refractivity (Wildman–Crippen MR) is 82.7 cm³/mol. The lowest BCUT2D eigenvalue weighted by molar-refractivity contribution is -0.148. The molecule has 4 nitrogen and oxygen atoms in total. The Bertz CT molecular complexity index is 770. The standard InChI is InChI=1S/C18H16N2O2/c1-2-22-17(21)18(13-20,10-5-11-19)16-9-8-14-6-3-4-7-15(14)12-16/h3-4,6-9,12H,2,5,10H2,1H3/t18-/m0/s1. The fourth-order valence-corrected chi connectivity index (χ4v) is 2.48. The molecule has 2 rings (SSSR count). The Morgan fingerprint density at radius 1 is 1.18 bits per heavy atom. The monoisotopic (exact) mass is 292 g/mol. The largest absolute Gasteiger partial charge is 0.465 e. The molecule has 0 aliphatic rings. The molecule has 0 saturated carbocycles. The Morgan fingerprint density at radius 3 is 2.55 bits per heavy atom. The molecule has 0 fully saturated rings. The van der Waals surface area contributed by atoms with Crippen molar-refractivity contribution in [3.8, 4) is 12.1 Å². The van der Waals surface area contributed by atoms with E-state index in [9.17, 15) is 10.1 Å². The van der Waals surface area contributed by atoms with Crippen LogP contribution in [0.25, 0.3) is 10.8 Å². The molecule has 0 amide bonds. The van der Waals surface area contributed by atoms with Gasteiger partial charge in [0.25, 0.3) is 0 Å². The number of nitrogens with zero attached hydrogens (tertiary/aromatic N) is 2. The van der Waals surface area contributed by atoms with E-state index in [-0.39, 0.29) is 19.4 Å². The molecule has 4 heteroatoms. The lowest BCUT2D eigenvalue weighted by atomic mass is 9.77. The van der Waals surface area contributed by atoms with E-state index in [1.807, 2.05) is 42.5 Å². The molecular weight excluding hydrogens is 276 g/mol. The molecule has 110 valence electrons. The quantitative estimate of drug-likeness (QED) is 0.791. The number of benzene rings is 2. The summed E-state index contributed by atoms with van der Waals surface area (Å²) in [5.41, 5.74) is -0.863. The maximum Gasteiger partial charge on any atom is 0.331 e. The van der Waals surface area contributed by atoms with Crippen LogP contribution in [0.2, 0.25) is 0 Å². The van der Waals surface area contributed by atoms with Gasteiger partial charge in [-0.3, -0.25) is 0 Å². The van der Waals surface area contributed by atoms with E-state index < -0.39 is 11.4 Å². The summed E-state index contributed by atoms with van der Waals surface area (Å²) < 4.78 is 5.09. The van der Waals surface area contributed by atoms with Crippen LogP contribution >= 0.6 is 0 Å². The van der Waals surface area contributed by atoms with Gasteiger partial charge in [-0.1, -0.05) is 36.4 Å². The molecule has 1 atom stereocenters. The van der Waals surface area contributed by atoms with Gasteiger partial charge in [0.2, 0.25) is 0 Å². The first kappa shape index (κ1) is 15.5. The molecule has 0 aliphatic carbocycles. The summed E-state index contributed by atoms with van der Waals surface area (Å²) in [6.45, 7) is 1.90. The Morgan fingerprint density at radius 2 is 1.91 bits per heavy atom. The van der Waals surface area contributed by atoms with Crippen molar-refractivity contribution >= 4 is 16.7 Å². The Labute approximate surface area is 129 Å². The van der Waals surface area contributed by atoms with Crippen molar-refractivity contribution in [2.24, 2.45) is 0 Å². The molecule has 0 aliphatic heterocycles. The predicted octanol–water partition coefficient (Wildman–Crippen LogP) is 3.47. The van der Waals surface area contributed by atoms with Crippen LogP contribution in [0, 0.1) is 22.7 Å². The molecule has 0 bridgehead atoms. The van der Waals surface area contributed by atoms with E-state index in [1.54, 1.807) is 13.0 Å². The highest BCUT2D eigenvalue weighted by atomic mass is 16.5. The van der Waals surface area contributed by atoms with Crippen LogP contribution in [-0.2, 0) is 14.9 Å². The fraction of sp³-hybridized carbons (Fsp3) is 0.278. The minimum absolute atomic E-state index is 0.110. The van der Waals surface area contributed by atoms with Crippen LogP contribution in [0.3, 0.4) is 0 Å². The van der Waals surface area contributed by atoms with Crippen molar-refractivity contribution < 1.29 is 9.53 Å². The van der Waals surface area contributed by atoms with Gasteiger partial charge in [0, 0.05) is 6.42 Å². The Kier molecular flexibility index (Phi) is 4.76. The Balaban J connectivity index is 2.57. The van der Waals surface area contributed by atoms with Gasteiger partial charge >= 0.3 is 5.97 Å². The normalized spacial score (nSPS) is 12.9. The second-order valence-corrected chi connectivity index (χ2v) is 4.96. The van der Waals surface area contributed by atoms with Crippen LogP contribution < -0.4 is 0 Å². The Hall–Kier alpha value is -2.85. The second kappa shape index (κ2) is 6.74. The highest BCUT2D eigenvalue weighted by Gasteiger charge is 2.42. The van der Waals surface area contributed by atoms with Gasteiger partial charge in [-0.25, -0.2) is 4.79 Å². The number of nitriles is 2. The minimum Gasteiger partial charge on any atom is -0.465 e. The van der Waals surface area contributed by atoms with Crippen molar-refractivity contribution in [1.82, 2.24) is 0 Å². The van der Waals surface area contributed by atoms with E-state index >= 15 is 0 Å². The van der Waals surface area contributed by atoms with Crippen LogP contribution in [-0.4, -0.2) is 12.6 Å². The van der Waals surface area contributed by atoms with E-state index in [4.69, 9.17) is 10.00 Å². The number of carbonyl (C=O) groups is 1. The fourth-order valence-electron chi connectivity index (χ4n) is 2.48. The van der Waals surface area contributed by atoms with E-state index in [2.05, 4.69) is 6.07 Å². The number of hydrogen-bond acceptors (Lipinski definition) is 4. The van der Waals surface area contributed by atoms with Crippen LogP contribution in [0.4, 0.5) is 0 Å². The molecule has 0 N–H and O–H groups in total. The van der Waals surface area contributed by atoms with E-state index in [0.29, 0.717) is 5.56 Å². The summed E-state index contributed by atoms with van der Waals surface area (Å²) in [6, 6.07) is 17.3. The first-order chi connectivity index (χ1) is 10.7. The van der Waals surface area contributed by atoms with Crippen LogP contribution in [0.15, 0.2) is 42.5 Å². The third kappa shape index (κ3) is 2.77. The van der Waals surface area contributed by atoms with Crippen LogP contribution in [0.1, 0.15) is 25.3 Å². The number of esters is 1. The van der Waals surface area contributed by atoms with Crippen molar-refractivity contribution in [2.45, 2.75) is 25.2 Å². The topological polar surface area (TPSA) is 73.9 Å². The maximum atomic E-state index is 12.4. The number of fused-ring (bicyclic) bond motifs is 1. The van der Waals surface area contributed by atoms with Gasteiger partial charge in [-0.15, -0.1) is 0 Å². The molecule has 0 saturated heterocycles. The number of hydrogen-bond donors (Lipinski definition) is 0. The molecule has 0 radical (unpaired) electrons. The van der Waals surface area contributed by atoms with Gasteiger partial charge < -0.3 is 4.74 Å². The van der Waals surface area contributed by atoms with Crippen molar-refractivity contribution in [1.29, 1.82) is 10.5 Å². The molecule has 0 spiro atoms. The molecule has 2 aromatic rings. The zero-order valence-corrected chi connectivity index (χ0v) is 12.4. The number of ether oxygens (including phenoxy) is 1. The van der Waals surface area contributed by atoms with E-state index in [0.717, 1.165) is 10.8 Å². The average Bonchev–Trinajstić information content (AvgIpc) is 2.56. The zero-order chi connectivity index (χ0) is 16.0. The first-order valence-electron chi connectivity index (χ1n) is 7.12.